The van der Waals surface area contributed by atoms with E-state index in [0.29, 0.717) is 11.4 Å². The van der Waals surface area contributed by atoms with Gasteiger partial charge in [-0.2, -0.15) is 16.3 Å². The van der Waals surface area contributed by atoms with E-state index < -0.39 is 5.97 Å². The van der Waals surface area contributed by atoms with Crippen molar-refractivity contribution in [2.75, 3.05) is 18.0 Å². The number of hydrogen-bond donors (Lipinski definition) is 0. The third-order valence-electron chi connectivity index (χ3n) is 4.18. The lowest BCUT2D eigenvalue weighted by Gasteiger charge is -2.20. The molecule has 1 aromatic carbocycles. The van der Waals surface area contributed by atoms with Crippen LogP contribution in [0.1, 0.15) is 31.7 Å². The van der Waals surface area contributed by atoms with Gasteiger partial charge in [0.05, 0.1) is 0 Å². The second-order valence-corrected chi connectivity index (χ2v) is 6.70. The minimum absolute atomic E-state index is 0.188. The van der Waals surface area contributed by atoms with Crippen LogP contribution in [0, 0.1) is 0 Å². The van der Waals surface area contributed by atoms with Crippen LogP contribution in [-0.2, 0) is 4.79 Å². The normalized spacial score (nSPS) is 11.6. The molecule has 0 saturated carbocycles. The van der Waals surface area contributed by atoms with Crippen molar-refractivity contribution in [1.29, 1.82) is 0 Å². The highest BCUT2D eigenvalue weighted by Crippen LogP contribution is 2.25. The average Bonchev–Trinajstić information content (AvgIpc) is 3.35. The molecule has 0 N–H and O–H groups in total. The maximum atomic E-state index is 11.2. The SMILES string of the molecule is CCN(CC)c1ccc(/C=C(\CC(=O)[O-])c2nc(-c3ccsc3)no2)cc1. The number of hydrogen-bond acceptors (Lipinski definition) is 7. The molecule has 3 aromatic rings. The number of nitrogens with zero attached hydrogens (tertiary/aromatic N) is 3. The predicted octanol–water partition coefficient (Wildman–Crippen LogP) is 3.32. The summed E-state index contributed by atoms with van der Waals surface area (Å²) in [5.74, 6) is -0.572. The molecular formula is C20H20N3O3S-. The number of carboxylic acids is 1. The molecule has 27 heavy (non-hydrogen) atoms. The Morgan fingerprint density at radius 1 is 1.22 bits per heavy atom. The molecule has 0 spiro atoms. The standard InChI is InChI=1S/C20H21N3O3S/c1-3-23(4-2)17-7-5-14(6-8-17)11-16(12-18(24)25)20-21-19(22-26-20)15-9-10-27-13-15/h5-11,13H,3-4,12H2,1-2H3,(H,24,25)/p-1/b16-11+. The van der Waals surface area contributed by atoms with Gasteiger partial charge in [-0.15, -0.1) is 0 Å². The van der Waals surface area contributed by atoms with Crippen molar-refractivity contribution in [3.8, 4) is 11.4 Å². The van der Waals surface area contributed by atoms with Gasteiger partial charge in [0.1, 0.15) is 0 Å². The fraction of sp³-hybridized carbons (Fsp3) is 0.250. The summed E-state index contributed by atoms with van der Waals surface area (Å²) in [7, 11) is 0. The maximum Gasteiger partial charge on any atom is 0.254 e. The van der Waals surface area contributed by atoms with Gasteiger partial charge in [-0.1, -0.05) is 17.3 Å². The molecule has 6 nitrogen and oxygen atoms in total. The number of rotatable bonds is 8. The highest BCUT2D eigenvalue weighted by Gasteiger charge is 2.14. The highest BCUT2D eigenvalue weighted by molar-refractivity contribution is 7.08. The molecule has 0 amide bonds. The Bertz CT molecular complexity index is 910. The van der Waals surface area contributed by atoms with Crippen LogP contribution < -0.4 is 10.0 Å². The molecular weight excluding hydrogens is 362 g/mol. The van der Waals surface area contributed by atoms with Gasteiger partial charge in [0.15, 0.2) is 0 Å². The van der Waals surface area contributed by atoms with E-state index in [9.17, 15) is 9.90 Å². The molecule has 7 heteroatoms. The fourth-order valence-corrected chi connectivity index (χ4v) is 3.41. The summed E-state index contributed by atoms with van der Waals surface area (Å²) >= 11 is 1.53. The molecule has 0 aliphatic rings. The first-order valence-corrected chi connectivity index (χ1v) is 9.67. The van der Waals surface area contributed by atoms with Gasteiger partial charge in [0, 0.05) is 47.7 Å². The summed E-state index contributed by atoms with van der Waals surface area (Å²) < 4.78 is 5.30. The Balaban J connectivity index is 1.89. The molecule has 140 valence electrons. The summed E-state index contributed by atoms with van der Waals surface area (Å²) in [5, 5.41) is 19.0. The zero-order chi connectivity index (χ0) is 19.2. The topological polar surface area (TPSA) is 82.3 Å². The summed E-state index contributed by atoms with van der Waals surface area (Å²) in [5.41, 5.74) is 3.24. The van der Waals surface area contributed by atoms with Gasteiger partial charge in [-0.05, 0) is 49.1 Å². The Kier molecular flexibility index (Phi) is 6.03. The quantitative estimate of drug-likeness (QED) is 0.594. The number of aromatic nitrogens is 2. The largest absolute Gasteiger partial charge is 0.550 e. The second kappa shape index (κ2) is 8.64. The van der Waals surface area contributed by atoms with Crippen LogP contribution in [0.2, 0.25) is 0 Å². The number of carboxylic acid groups (broad SMARTS) is 1. The van der Waals surface area contributed by atoms with E-state index in [1.54, 1.807) is 6.08 Å². The summed E-state index contributed by atoms with van der Waals surface area (Å²) in [6.45, 7) is 6.07. The van der Waals surface area contributed by atoms with Crippen molar-refractivity contribution >= 4 is 34.6 Å². The predicted molar refractivity (Wildman–Crippen MR) is 105 cm³/mol. The maximum absolute atomic E-state index is 11.2. The Morgan fingerprint density at radius 3 is 2.56 bits per heavy atom. The van der Waals surface area contributed by atoms with Crippen molar-refractivity contribution in [3.63, 3.8) is 0 Å². The van der Waals surface area contributed by atoms with E-state index in [-0.39, 0.29) is 12.3 Å². The lowest BCUT2D eigenvalue weighted by molar-refractivity contribution is -0.304. The monoisotopic (exact) mass is 382 g/mol. The first-order valence-electron chi connectivity index (χ1n) is 8.72. The van der Waals surface area contributed by atoms with E-state index in [4.69, 9.17) is 4.52 Å². The van der Waals surface area contributed by atoms with Crippen molar-refractivity contribution in [2.45, 2.75) is 20.3 Å². The van der Waals surface area contributed by atoms with Crippen LogP contribution in [0.15, 0.2) is 45.6 Å². The highest BCUT2D eigenvalue weighted by atomic mass is 32.1. The first-order chi connectivity index (χ1) is 13.1. The third-order valence-corrected chi connectivity index (χ3v) is 4.86. The fourth-order valence-electron chi connectivity index (χ4n) is 2.78. The van der Waals surface area contributed by atoms with E-state index >= 15 is 0 Å². The van der Waals surface area contributed by atoms with Gasteiger partial charge in [0.25, 0.3) is 5.89 Å². The Labute approximate surface area is 161 Å². The van der Waals surface area contributed by atoms with Crippen LogP contribution in [-0.4, -0.2) is 29.2 Å². The van der Waals surface area contributed by atoms with E-state index in [1.807, 2.05) is 41.1 Å². The third kappa shape index (κ3) is 4.62. The minimum atomic E-state index is -1.20. The molecule has 0 radical (unpaired) electrons. The number of carbonyl (C=O) groups is 1. The van der Waals surface area contributed by atoms with Gasteiger partial charge in [-0.3, -0.25) is 0 Å². The van der Waals surface area contributed by atoms with Gasteiger partial charge >= 0.3 is 0 Å². The van der Waals surface area contributed by atoms with Crippen molar-refractivity contribution in [1.82, 2.24) is 10.1 Å². The molecule has 0 bridgehead atoms. The molecule has 0 atom stereocenters. The van der Waals surface area contributed by atoms with Gasteiger partial charge in [0.2, 0.25) is 5.82 Å². The second-order valence-electron chi connectivity index (χ2n) is 5.92. The van der Waals surface area contributed by atoms with Crippen molar-refractivity contribution in [2.24, 2.45) is 0 Å². The van der Waals surface area contributed by atoms with Gasteiger partial charge in [-0.25, -0.2) is 0 Å². The number of anilines is 1. The van der Waals surface area contributed by atoms with Crippen LogP contribution in [0.3, 0.4) is 0 Å². The molecule has 2 heterocycles. The number of thiophene rings is 1. The molecule has 0 aliphatic carbocycles. The van der Waals surface area contributed by atoms with E-state index in [1.165, 1.54) is 11.3 Å². The lowest BCUT2D eigenvalue weighted by atomic mass is 10.1. The first kappa shape index (κ1) is 18.8. The zero-order valence-electron chi connectivity index (χ0n) is 15.2. The number of carbonyl (C=O) groups excluding carboxylic acids is 1. The average molecular weight is 382 g/mol. The van der Waals surface area contributed by atoms with Gasteiger partial charge < -0.3 is 19.3 Å². The van der Waals surface area contributed by atoms with Crippen LogP contribution >= 0.6 is 11.3 Å². The van der Waals surface area contributed by atoms with Crippen LogP contribution in [0.25, 0.3) is 23.0 Å². The smallest absolute Gasteiger partial charge is 0.254 e. The van der Waals surface area contributed by atoms with Crippen molar-refractivity contribution in [3.05, 3.63) is 52.5 Å². The van der Waals surface area contributed by atoms with E-state index in [2.05, 4.69) is 28.9 Å². The molecule has 0 aliphatic heterocycles. The lowest BCUT2D eigenvalue weighted by Crippen LogP contribution is -2.22. The Morgan fingerprint density at radius 2 is 1.96 bits per heavy atom. The van der Waals surface area contributed by atoms with E-state index in [0.717, 1.165) is 29.9 Å². The zero-order valence-corrected chi connectivity index (χ0v) is 16.0. The number of aliphatic carboxylic acids is 1. The molecule has 0 unspecified atom stereocenters. The Hall–Kier alpha value is -2.93. The molecule has 0 fully saturated rings. The van der Waals surface area contributed by atoms with Crippen molar-refractivity contribution < 1.29 is 14.4 Å². The van der Waals surface area contributed by atoms with Crippen LogP contribution in [0.4, 0.5) is 5.69 Å². The molecule has 0 saturated heterocycles. The van der Waals surface area contributed by atoms with Crippen LogP contribution in [0.5, 0.6) is 0 Å². The molecule has 3 rings (SSSR count). The minimum Gasteiger partial charge on any atom is -0.550 e. The molecule has 2 aromatic heterocycles. The summed E-state index contributed by atoms with van der Waals surface area (Å²) in [6, 6.07) is 9.80. The number of benzene rings is 1. The summed E-state index contributed by atoms with van der Waals surface area (Å²) in [6.07, 6.45) is 1.44. The summed E-state index contributed by atoms with van der Waals surface area (Å²) in [4.78, 5) is 17.8.